The van der Waals surface area contributed by atoms with E-state index in [4.69, 9.17) is 47.4 Å². The molecule has 102 heavy (non-hydrogen) atoms. The van der Waals surface area contributed by atoms with E-state index in [1.165, 1.54) is 6.92 Å². The average molecular weight is 1460 g/mol. The third-order valence-corrected chi connectivity index (χ3v) is 17.0. The zero-order valence-corrected chi connectivity index (χ0v) is 59.0. The second-order valence-electron chi connectivity index (χ2n) is 25.6. The number of unbranched alkanes of at least 4 members (excludes halogenated alkanes) is 3. The molecule has 0 bridgehead atoms. The van der Waals surface area contributed by atoms with Crippen LogP contribution in [0.1, 0.15) is 123 Å². The van der Waals surface area contributed by atoms with E-state index in [1.807, 2.05) is 0 Å². The van der Waals surface area contributed by atoms with E-state index in [9.17, 15) is 84.3 Å². The summed E-state index contributed by atoms with van der Waals surface area (Å²) in [6, 6.07) is 7.80. The van der Waals surface area contributed by atoms with Crippen molar-refractivity contribution in [1.82, 2.24) is 42.5 Å². The van der Waals surface area contributed by atoms with E-state index >= 15 is 0 Å². The van der Waals surface area contributed by atoms with Gasteiger partial charge >= 0.3 is 6.09 Å². The van der Waals surface area contributed by atoms with Gasteiger partial charge in [-0.25, -0.2) is 4.79 Å². The van der Waals surface area contributed by atoms with Crippen molar-refractivity contribution in [3.05, 3.63) is 35.9 Å². The molecule has 584 valence electrons. The van der Waals surface area contributed by atoms with Crippen LogP contribution in [0.15, 0.2) is 30.3 Å². The van der Waals surface area contributed by atoms with Crippen LogP contribution in [0.3, 0.4) is 0 Å². The fourth-order valence-corrected chi connectivity index (χ4v) is 10.9. The lowest BCUT2D eigenvalue weighted by Crippen LogP contribution is -2.64. The van der Waals surface area contributed by atoms with Crippen molar-refractivity contribution in [3.8, 4) is 0 Å². The molecule has 3 aliphatic heterocycles. The Kier molecular flexibility index (Phi) is 43.8. The van der Waals surface area contributed by atoms with E-state index in [1.54, 1.807) is 44.2 Å². The molecule has 0 aromatic heterocycles. The summed E-state index contributed by atoms with van der Waals surface area (Å²) in [5, 5.41) is 112. The highest BCUT2D eigenvalue weighted by atomic mass is 16.7. The third-order valence-electron chi connectivity index (χ3n) is 17.0. The van der Waals surface area contributed by atoms with Crippen LogP contribution in [-0.2, 0) is 87.5 Å². The first-order chi connectivity index (χ1) is 49.0. The molecule has 8 amide bonds. The third kappa shape index (κ3) is 34.3. The smallest absolute Gasteiger partial charge is 0.408 e. The lowest BCUT2D eigenvalue weighted by Gasteiger charge is -2.42. The molecule has 3 heterocycles. The molecule has 0 radical (unpaired) electrons. The number of ether oxygens (including phenoxy) is 10. The lowest BCUT2D eigenvalue weighted by molar-refractivity contribution is -0.282. The Morgan fingerprint density at radius 3 is 1.11 bits per heavy atom. The molecule has 17 N–H and O–H groups in total. The molecule has 4 rings (SSSR count). The monoisotopic (exact) mass is 1460 g/mol. The largest absolute Gasteiger partial charge is 0.445 e. The molecular formula is C67H114N8O27. The summed E-state index contributed by atoms with van der Waals surface area (Å²) in [6.45, 7) is 3.67. The summed E-state index contributed by atoms with van der Waals surface area (Å²) < 4.78 is 57.4. The second-order valence-corrected chi connectivity index (χ2v) is 25.6. The number of hydrogen-bond donors (Lipinski definition) is 17. The van der Waals surface area contributed by atoms with Gasteiger partial charge < -0.3 is 136 Å². The number of carbonyl (C=O) groups excluding carboxylic acids is 8. The second kappa shape index (κ2) is 50.5. The zero-order valence-electron chi connectivity index (χ0n) is 59.0. The SMILES string of the molecule is CC(=O)NC1C(OCCCCC(=O)NCCCNC(=O)CCOCC(COCCC(=O)NCCCNC(=O)CCCCOC2OC(CO)C(O)C(O)C2C)(COCCC(=O)NCCCNC(=O)CCCCOC2OC(CO)C(O)C(O)C2C)NC(=O)OCc2ccccc2)OC(CO)C(O)C1O. The maximum Gasteiger partial charge on any atom is 0.408 e. The van der Waals surface area contributed by atoms with Crippen LogP contribution < -0.4 is 42.5 Å². The van der Waals surface area contributed by atoms with Crippen LogP contribution in [-0.4, -0.2) is 297 Å². The molecule has 35 heteroatoms. The first kappa shape index (κ1) is 88.5. The van der Waals surface area contributed by atoms with E-state index < -0.39 is 129 Å². The van der Waals surface area contributed by atoms with E-state index in [2.05, 4.69) is 42.5 Å². The number of aliphatic hydroxyl groups excluding tert-OH is 9. The van der Waals surface area contributed by atoms with Crippen LogP contribution in [0, 0.1) is 11.8 Å². The summed E-state index contributed by atoms with van der Waals surface area (Å²) in [4.78, 5) is 102. The first-order valence-electron chi connectivity index (χ1n) is 35.3. The number of aliphatic hydroxyl groups is 9. The predicted octanol–water partition coefficient (Wildman–Crippen LogP) is -3.61. The van der Waals surface area contributed by atoms with Crippen molar-refractivity contribution in [2.75, 3.05) is 119 Å². The Balaban J connectivity index is 1.22. The highest BCUT2D eigenvalue weighted by Gasteiger charge is 2.46. The van der Waals surface area contributed by atoms with Crippen molar-refractivity contribution in [3.63, 3.8) is 0 Å². The van der Waals surface area contributed by atoms with Crippen molar-refractivity contribution in [2.45, 2.75) is 209 Å². The van der Waals surface area contributed by atoms with Crippen LogP contribution in [0.2, 0.25) is 0 Å². The van der Waals surface area contributed by atoms with Crippen molar-refractivity contribution < 1.29 is 132 Å². The minimum atomic E-state index is -1.52. The molecule has 35 nitrogen and oxygen atoms in total. The van der Waals surface area contributed by atoms with Gasteiger partial charge in [0.15, 0.2) is 18.9 Å². The van der Waals surface area contributed by atoms with Crippen molar-refractivity contribution in [2.24, 2.45) is 11.8 Å². The van der Waals surface area contributed by atoms with Gasteiger partial charge in [0.2, 0.25) is 41.4 Å². The number of hydrogen-bond acceptors (Lipinski definition) is 27. The summed E-state index contributed by atoms with van der Waals surface area (Å²) >= 11 is 0. The number of nitrogens with one attached hydrogen (secondary N) is 8. The Labute approximate surface area is 595 Å². The fourth-order valence-electron chi connectivity index (χ4n) is 10.9. The Bertz CT molecular complexity index is 2480. The molecule has 0 aliphatic carbocycles. The first-order valence-corrected chi connectivity index (χ1v) is 35.3. The molecule has 15 unspecified atom stereocenters. The maximum absolute atomic E-state index is 13.6. The zero-order chi connectivity index (χ0) is 74.7. The minimum Gasteiger partial charge on any atom is -0.445 e. The summed E-state index contributed by atoms with van der Waals surface area (Å²) in [6.07, 6.45) is -10.1. The van der Waals surface area contributed by atoms with Crippen LogP contribution in [0.25, 0.3) is 0 Å². The van der Waals surface area contributed by atoms with Gasteiger partial charge in [0.1, 0.15) is 60.9 Å². The molecule has 0 saturated carbocycles. The van der Waals surface area contributed by atoms with Crippen LogP contribution in [0.5, 0.6) is 0 Å². The Hall–Kier alpha value is -5.94. The fraction of sp³-hybridized carbons (Fsp3) is 0.791. The van der Waals surface area contributed by atoms with Crippen LogP contribution in [0.4, 0.5) is 4.79 Å². The van der Waals surface area contributed by atoms with Gasteiger partial charge in [0.05, 0.1) is 71.7 Å². The minimum absolute atomic E-state index is 0.0859. The van der Waals surface area contributed by atoms with Gasteiger partial charge in [-0.05, 0) is 63.4 Å². The van der Waals surface area contributed by atoms with E-state index in [0.29, 0.717) is 63.4 Å². The summed E-state index contributed by atoms with van der Waals surface area (Å²) in [5.41, 5.74) is -0.824. The topological polar surface area (TPSA) is 507 Å². The number of rotatable bonds is 52. The quantitative estimate of drug-likeness (QED) is 0.0280. The van der Waals surface area contributed by atoms with E-state index in [0.717, 1.165) is 0 Å². The average Bonchev–Trinajstić information content (AvgIpc) is 0.823. The Morgan fingerprint density at radius 2 is 0.755 bits per heavy atom. The number of amides is 8. The van der Waals surface area contributed by atoms with Gasteiger partial charge in [0.25, 0.3) is 0 Å². The van der Waals surface area contributed by atoms with E-state index in [-0.39, 0.29) is 179 Å². The van der Waals surface area contributed by atoms with Gasteiger partial charge in [-0.3, -0.25) is 33.6 Å². The maximum atomic E-state index is 13.6. The number of carbonyl (C=O) groups is 8. The molecule has 3 saturated heterocycles. The molecular weight excluding hydrogens is 1350 g/mol. The molecule has 15 atom stereocenters. The van der Waals surface area contributed by atoms with Gasteiger partial charge in [0, 0.05) is 116 Å². The number of benzene rings is 1. The normalized spacial score (nSPS) is 25.4. The highest BCUT2D eigenvalue weighted by molar-refractivity contribution is 5.78. The highest BCUT2D eigenvalue weighted by Crippen LogP contribution is 2.29. The molecule has 3 fully saturated rings. The number of alkyl carbamates (subject to hydrolysis) is 1. The molecule has 1 aromatic carbocycles. The van der Waals surface area contributed by atoms with Crippen molar-refractivity contribution in [1.29, 1.82) is 0 Å². The van der Waals surface area contributed by atoms with Crippen LogP contribution >= 0.6 is 0 Å². The molecule has 3 aliphatic rings. The molecule has 0 spiro atoms. The van der Waals surface area contributed by atoms with Gasteiger partial charge in [-0.2, -0.15) is 0 Å². The lowest BCUT2D eigenvalue weighted by atomic mass is 9.92. The standard InChI is InChI=1S/C67H114N8O27/c1-43-57(86)59(88)47(36-76)100-63(43)96-30-10-7-18-50(80)68-24-13-27-71-53(83)21-33-93-40-67(75-66(92)99-39-46-16-5-4-6-17-46,41-94-34-22-54(84)72-28-14-25-69-51(81)19-8-11-31-97-64-44(2)58(87)60(89)48(37-77)101-64)42-95-35-23-55(85)73-29-15-26-70-52(82)20-9-12-32-98-65-56(74-45(3)79)62(91)61(90)49(38-78)102-65/h4-6,16-17,43-44,47-49,56-65,76-78,86-91H,7-15,18-42H2,1-3H3,(H,68,80)(H,69,81)(H,70,82)(H,71,83)(H,72,84)(H,73,85)(H,74,79)(H,75,92). The van der Waals surface area contributed by atoms with Crippen molar-refractivity contribution >= 4 is 47.4 Å². The van der Waals surface area contributed by atoms with Gasteiger partial charge in [-0.1, -0.05) is 44.2 Å². The summed E-state index contributed by atoms with van der Waals surface area (Å²) in [7, 11) is 0. The van der Waals surface area contributed by atoms with Gasteiger partial charge in [-0.15, -0.1) is 0 Å². The Morgan fingerprint density at radius 1 is 0.422 bits per heavy atom. The summed E-state index contributed by atoms with van der Waals surface area (Å²) in [5.74, 6) is -3.30. The predicted molar refractivity (Wildman–Crippen MR) is 359 cm³/mol. The molecule has 1 aromatic rings.